The summed E-state index contributed by atoms with van der Waals surface area (Å²) in [5.41, 5.74) is 7.17. The molecule has 2 N–H and O–H groups in total. The number of hydrogen-bond acceptors (Lipinski definition) is 3. The van der Waals surface area contributed by atoms with Gasteiger partial charge in [0.05, 0.1) is 5.69 Å². The van der Waals surface area contributed by atoms with Crippen molar-refractivity contribution in [1.82, 2.24) is 0 Å². The number of nitrogens with zero attached hydrogens (tertiary/aromatic N) is 1. The van der Waals surface area contributed by atoms with Crippen molar-refractivity contribution in [3.8, 4) is 5.75 Å². The Hall–Kier alpha value is -1.81. The number of benzene rings is 2. The lowest BCUT2D eigenvalue weighted by molar-refractivity contribution is 0.273. The molecule has 1 aliphatic heterocycles. The summed E-state index contributed by atoms with van der Waals surface area (Å²) in [5, 5.41) is 2.31. The van der Waals surface area contributed by atoms with Crippen molar-refractivity contribution in [3.05, 3.63) is 36.4 Å². The topological polar surface area (TPSA) is 38.5 Å². The molecule has 1 fully saturated rings. The highest BCUT2D eigenvalue weighted by atomic mass is 19.1. The van der Waals surface area contributed by atoms with Crippen molar-refractivity contribution in [1.29, 1.82) is 0 Å². The number of anilines is 1. The fourth-order valence-corrected chi connectivity index (χ4v) is 3.04. The highest BCUT2D eigenvalue weighted by Gasteiger charge is 2.21. The Bertz CT molecular complexity index is 617. The van der Waals surface area contributed by atoms with Crippen LogP contribution in [0.25, 0.3) is 10.8 Å². The van der Waals surface area contributed by atoms with E-state index in [9.17, 15) is 4.39 Å². The van der Waals surface area contributed by atoms with Gasteiger partial charge in [-0.1, -0.05) is 30.3 Å². The van der Waals surface area contributed by atoms with Crippen molar-refractivity contribution in [3.63, 3.8) is 0 Å². The molecule has 112 valence electrons. The molecule has 4 heteroatoms. The summed E-state index contributed by atoms with van der Waals surface area (Å²) >= 11 is 0. The lowest BCUT2D eigenvalue weighted by atomic mass is 10.0. The van der Waals surface area contributed by atoms with Crippen LogP contribution in [-0.2, 0) is 0 Å². The molecule has 3 nitrogen and oxygen atoms in total. The molecule has 1 heterocycles. The van der Waals surface area contributed by atoms with E-state index in [1.165, 1.54) is 5.39 Å². The third-order valence-electron chi connectivity index (χ3n) is 3.97. The fourth-order valence-electron chi connectivity index (χ4n) is 3.04. The number of alkyl halides is 1. The van der Waals surface area contributed by atoms with Crippen LogP contribution in [0.1, 0.15) is 12.8 Å². The third kappa shape index (κ3) is 2.95. The van der Waals surface area contributed by atoms with Gasteiger partial charge in [-0.05, 0) is 24.3 Å². The van der Waals surface area contributed by atoms with E-state index in [1.54, 1.807) is 0 Å². The van der Waals surface area contributed by atoms with Crippen LogP contribution in [0.15, 0.2) is 36.4 Å². The number of ether oxygens (including phenoxy) is 1. The van der Waals surface area contributed by atoms with Crippen LogP contribution in [0.3, 0.4) is 0 Å². The molecule has 21 heavy (non-hydrogen) atoms. The maximum atomic E-state index is 12.5. The zero-order valence-corrected chi connectivity index (χ0v) is 12.1. The van der Waals surface area contributed by atoms with Crippen LogP contribution in [0, 0.1) is 0 Å². The first-order valence-corrected chi connectivity index (χ1v) is 7.50. The Kier molecular flexibility index (Phi) is 4.25. The predicted molar refractivity (Wildman–Crippen MR) is 84.8 cm³/mol. The van der Waals surface area contributed by atoms with Gasteiger partial charge in [0.1, 0.15) is 19.0 Å². The SMILES string of the molecule is NC1CCCN(c2c(OCCF)ccc3ccccc23)C1. The number of nitrogens with two attached hydrogens (primary N) is 1. The Morgan fingerprint density at radius 1 is 1.24 bits per heavy atom. The summed E-state index contributed by atoms with van der Waals surface area (Å²) < 4.78 is 18.1. The van der Waals surface area contributed by atoms with E-state index in [0.29, 0.717) is 0 Å². The molecule has 0 radical (unpaired) electrons. The summed E-state index contributed by atoms with van der Waals surface area (Å²) in [6, 6.07) is 12.4. The van der Waals surface area contributed by atoms with Crippen molar-refractivity contribution < 1.29 is 9.13 Å². The van der Waals surface area contributed by atoms with E-state index in [1.807, 2.05) is 24.3 Å². The molecule has 2 aromatic carbocycles. The second-order valence-electron chi connectivity index (χ2n) is 5.52. The van der Waals surface area contributed by atoms with Crippen LogP contribution >= 0.6 is 0 Å². The minimum absolute atomic E-state index is 0.0885. The first kappa shape index (κ1) is 14.1. The fraction of sp³-hybridized carbons (Fsp3) is 0.412. The minimum Gasteiger partial charge on any atom is -0.489 e. The van der Waals surface area contributed by atoms with Gasteiger partial charge >= 0.3 is 0 Å². The maximum absolute atomic E-state index is 12.5. The van der Waals surface area contributed by atoms with Gasteiger partial charge in [-0.3, -0.25) is 0 Å². The smallest absolute Gasteiger partial charge is 0.143 e. The van der Waals surface area contributed by atoms with Crippen LogP contribution in [0.4, 0.5) is 10.1 Å². The average Bonchev–Trinajstić information content (AvgIpc) is 2.52. The summed E-state index contributed by atoms with van der Waals surface area (Å²) in [6.07, 6.45) is 2.13. The Labute approximate surface area is 124 Å². The summed E-state index contributed by atoms with van der Waals surface area (Å²) in [6.45, 7) is 1.39. The second-order valence-corrected chi connectivity index (χ2v) is 5.52. The van der Waals surface area contributed by atoms with E-state index in [-0.39, 0.29) is 12.6 Å². The van der Waals surface area contributed by atoms with Crippen LogP contribution in [0.2, 0.25) is 0 Å². The first-order valence-electron chi connectivity index (χ1n) is 7.50. The van der Waals surface area contributed by atoms with Gasteiger partial charge in [0.25, 0.3) is 0 Å². The van der Waals surface area contributed by atoms with E-state index >= 15 is 0 Å². The number of piperidine rings is 1. The second kappa shape index (κ2) is 6.31. The molecule has 1 unspecified atom stereocenters. The van der Waals surface area contributed by atoms with Crippen LogP contribution in [-0.4, -0.2) is 32.4 Å². The van der Waals surface area contributed by atoms with Gasteiger partial charge in [-0.15, -0.1) is 0 Å². The van der Waals surface area contributed by atoms with Gasteiger partial charge in [0.2, 0.25) is 0 Å². The Morgan fingerprint density at radius 2 is 2.10 bits per heavy atom. The molecule has 0 amide bonds. The molecule has 0 spiro atoms. The molecule has 1 saturated heterocycles. The molecule has 0 aliphatic carbocycles. The van der Waals surface area contributed by atoms with E-state index in [4.69, 9.17) is 10.5 Å². The number of fused-ring (bicyclic) bond motifs is 1. The molecule has 0 bridgehead atoms. The van der Waals surface area contributed by atoms with Gasteiger partial charge < -0.3 is 15.4 Å². The molecule has 0 aromatic heterocycles. The standard InChI is InChI=1S/C17H21FN2O/c18-9-11-21-16-8-7-13-4-1-2-6-15(13)17(16)20-10-3-5-14(19)12-20/h1-2,4,6-8,14H,3,5,9-12,19H2. The predicted octanol–water partition coefficient (Wildman–Crippen LogP) is 3.12. The van der Waals surface area contributed by atoms with Gasteiger partial charge in [0.15, 0.2) is 0 Å². The first-order chi connectivity index (χ1) is 10.3. The lowest BCUT2D eigenvalue weighted by Gasteiger charge is -2.34. The normalized spacial score (nSPS) is 19.0. The van der Waals surface area contributed by atoms with Crippen LogP contribution < -0.4 is 15.4 Å². The quantitative estimate of drug-likeness (QED) is 0.939. The molecule has 1 aliphatic rings. The van der Waals surface area contributed by atoms with Crippen LogP contribution in [0.5, 0.6) is 5.75 Å². The summed E-state index contributed by atoms with van der Waals surface area (Å²) in [4.78, 5) is 2.28. The molecule has 0 saturated carbocycles. The van der Waals surface area contributed by atoms with Crippen molar-refractivity contribution >= 4 is 16.5 Å². The monoisotopic (exact) mass is 288 g/mol. The summed E-state index contributed by atoms with van der Waals surface area (Å²) in [7, 11) is 0. The third-order valence-corrected chi connectivity index (χ3v) is 3.97. The van der Waals surface area contributed by atoms with Gasteiger partial charge in [0, 0.05) is 24.5 Å². The van der Waals surface area contributed by atoms with E-state index in [0.717, 1.165) is 42.8 Å². The minimum atomic E-state index is -0.480. The molecule has 1 atom stereocenters. The highest BCUT2D eigenvalue weighted by Crippen LogP contribution is 2.37. The maximum Gasteiger partial charge on any atom is 0.143 e. The molecular weight excluding hydrogens is 267 g/mol. The van der Waals surface area contributed by atoms with Crippen molar-refractivity contribution in [2.75, 3.05) is 31.3 Å². The Balaban J connectivity index is 2.06. The zero-order chi connectivity index (χ0) is 14.7. The number of hydrogen-bond donors (Lipinski definition) is 1. The summed E-state index contributed by atoms with van der Waals surface area (Å²) in [5.74, 6) is 0.750. The molecule has 3 rings (SSSR count). The largest absolute Gasteiger partial charge is 0.489 e. The lowest BCUT2D eigenvalue weighted by Crippen LogP contribution is -2.43. The molecular formula is C17H21FN2O. The number of rotatable bonds is 4. The van der Waals surface area contributed by atoms with E-state index in [2.05, 4.69) is 17.0 Å². The van der Waals surface area contributed by atoms with Crippen molar-refractivity contribution in [2.24, 2.45) is 5.73 Å². The van der Waals surface area contributed by atoms with Crippen molar-refractivity contribution in [2.45, 2.75) is 18.9 Å². The molecule has 2 aromatic rings. The highest BCUT2D eigenvalue weighted by molar-refractivity contribution is 5.97. The van der Waals surface area contributed by atoms with Gasteiger partial charge in [-0.2, -0.15) is 0 Å². The van der Waals surface area contributed by atoms with Gasteiger partial charge in [-0.25, -0.2) is 4.39 Å². The zero-order valence-electron chi connectivity index (χ0n) is 12.1. The Morgan fingerprint density at radius 3 is 2.90 bits per heavy atom. The number of halogens is 1. The van der Waals surface area contributed by atoms with E-state index < -0.39 is 6.67 Å². The average molecular weight is 288 g/mol.